The van der Waals surface area contributed by atoms with Gasteiger partial charge in [-0.05, 0) is 42.3 Å². The van der Waals surface area contributed by atoms with E-state index in [9.17, 15) is 9.18 Å². The summed E-state index contributed by atoms with van der Waals surface area (Å²) in [7, 11) is 0. The minimum absolute atomic E-state index is 0.328. The fourth-order valence-corrected chi connectivity index (χ4v) is 4.30. The van der Waals surface area contributed by atoms with Gasteiger partial charge in [0.05, 0.1) is 0 Å². The molecule has 0 aliphatic rings. The van der Waals surface area contributed by atoms with E-state index in [1.54, 1.807) is 0 Å². The monoisotopic (exact) mass is 437 g/mol. The van der Waals surface area contributed by atoms with Crippen molar-refractivity contribution < 1.29 is 13.9 Å². The van der Waals surface area contributed by atoms with E-state index in [0.717, 1.165) is 9.90 Å². The predicted molar refractivity (Wildman–Crippen MR) is 111 cm³/mol. The molecule has 1 unspecified atom stereocenters. The molecule has 0 bridgehead atoms. The molecule has 3 aromatic rings. The van der Waals surface area contributed by atoms with Gasteiger partial charge in [-0.15, -0.1) is 10.2 Å². The molecule has 0 aliphatic heterocycles. The van der Waals surface area contributed by atoms with Crippen LogP contribution in [0.5, 0.6) is 5.75 Å². The molecule has 2 aromatic carbocycles. The number of thioether (sulfide) groups is 1. The first-order valence-electron chi connectivity index (χ1n) is 8.48. The molecule has 0 spiro atoms. The molecule has 1 heterocycles. The first-order chi connectivity index (χ1) is 13.5. The Morgan fingerprint density at radius 2 is 2.00 bits per heavy atom. The lowest BCUT2D eigenvalue weighted by Crippen LogP contribution is -2.32. The van der Waals surface area contributed by atoms with Crippen molar-refractivity contribution in [3.05, 3.63) is 64.9 Å². The number of hydrogen-bond acceptors (Lipinski definition) is 6. The summed E-state index contributed by atoms with van der Waals surface area (Å²) in [5.74, 6) is 0.399. The Hall–Kier alpha value is -2.16. The third kappa shape index (κ3) is 5.67. The second-order valence-corrected chi connectivity index (χ2v) is 8.32. The summed E-state index contributed by atoms with van der Waals surface area (Å²) < 4.78 is 19.4. The number of rotatable bonds is 8. The van der Waals surface area contributed by atoms with Crippen molar-refractivity contribution >= 4 is 45.7 Å². The number of carbonyl (C=O) groups is 1. The number of ether oxygens (including phenoxy) is 1. The fraction of sp³-hybridized carbons (Fsp3) is 0.211. The van der Waals surface area contributed by atoms with Crippen molar-refractivity contribution in [3.63, 3.8) is 0 Å². The van der Waals surface area contributed by atoms with Crippen molar-refractivity contribution in [2.45, 2.75) is 29.5 Å². The maximum absolute atomic E-state index is 13.0. The van der Waals surface area contributed by atoms with E-state index in [1.165, 1.54) is 47.4 Å². The van der Waals surface area contributed by atoms with Gasteiger partial charge in [-0.2, -0.15) is 0 Å². The van der Waals surface area contributed by atoms with E-state index in [-0.39, 0.29) is 11.7 Å². The Bertz CT molecular complexity index is 937. The zero-order valence-electron chi connectivity index (χ0n) is 14.9. The van der Waals surface area contributed by atoms with Crippen molar-refractivity contribution in [1.82, 2.24) is 10.2 Å². The van der Waals surface area contributed by atoms with Gasteiger partial charge < -0.3 is 4.74 Å². The molecule has 0 saturated carbocycles. The molecule has 5 nitrogen and oxygen atoms in total. The Labute approximate surface area is 175 Å². The number of aromatic nitrogens is 2. The van der Waals surface area contributed by atoms with Crippen LogP contribution in [0.15, 0.2) is 52.9 Å². The molecule has 1 N–H and O–H groups in total. The summed E-state index contributed by atoms with van der Waals surface area (Å²) in [4.78, 5) is 12.5. The summed E-state index contributed by atoms with van der Waals surface area (Å²) in [6, 6.07) is 13.2. The van der Waals surface area contributed by atoms with Crippen LogP contribution in [0.25, 0.3) is 0 Å². The molecule has 0 radical (unpaired) electrons. The maximum Gasteiger partial charge on any atom is 0.267 e. The van der Waals surface area contributed by atoms with Gasteiger partial charge in [0.2, 0.25) is 5.13 Å². The minimum atomic E-state index is -0.714. The number of anilines is 1. The van der Waals surface area contributed by atoms with Crippen LogP contribution < -0.4 is 10.1 Å². The second-order valence-electron chi connectivity index (χ2n) is 5.71. The number of nitrogens with zero attached hydrogens (tertiary/aromatic N) is 2. The van der Waals surface area contributed by atoms with E-state index < -0.39 is 6.10 Å². The van der Waals surface area contributed by atoms with Crippen LogP contribution in [-0.4, -0.2) is 22.2 Å². The molecule has 146 valence electrons. The van der Waals surface area contributed by atoms with Crippen LogP contribution in [0.2, 0.25) is 5.02 Å². The topological polar surface area (TPSA) is 64.1 Å². The standard InChI is InChI=1S/C19H17ClFN3O2S2/c1-2-16(26-14-9-7-13(21)8-10-14)17(25)22-18-23-24-19(28-18)27-11-12-5-3-4-6-15(12)20/h3-10,16H,2,11H2,1H3,(H,22,23,25). The fourth-order valence-electron chi connectivity index (χ4n) is 2.26. The zero-order valence-corrected chi connectivity index (χ0v) is 17.3. The molecule has 3 rings (SSSR count). The average molecular weight is 438 g/mol. The van der Waals surface area contributed by atoms with E-state index in [0.29, 0.717) is 28.1 Å². The van der Waals surface area contributed by atoms with E-state index >= 15 is 0 Å². The van der Waals surface area contributed by atoms with Crippen LogP contribution in [-0.2, 0) is 10.5 Å². The highest BCUT2D eigenvalue weighted by Gasteiger charge is 2.20. The third-order valence-electron chi connectivity index (χ3n) is 3.70. The lowest BCUT2D eigenvalue weighted by molar-refractivity contribution is -0.122. The van der Waals surface area contributed by atoms with Crippen LogP contribution in [0.3, 0.4) is 0 Å². The summed E-state index contributed by atoms with van der Waals surface area (Å²) in [6.45, 7) is 1.83. The van der Waals surface area contributed by atoms with Crippen LogP contribution in [0.4, 0.5) is 9.52 Å². The summed E-state index contributed by atoms with van der Waals surface area (Å²) >= 11 is 8.93. The molecule has 1 aromatic heterocycles. The highest BCUT2D eigenvalue weighted by molar-refractivity contribution is 8.00. The smallest absolute Gasteiger partial charge is 0.267 e. The molecular weight excluding hydrogens is 421 g/mol. The van der Waals surface area contributed by atoms with Crippen molar-refractivity contribution in [2.24, 2.45) is 0 Å². The lowest BCUT2D eigenvalue weighted by atomic mass is 10.2. The molecule has 28 heavy (non-hydrogen) atoms. The first-order valence-corrected chi connectivity index (χ1v) is 10.7. The predicted octanol–water partition coefficient (Wildman–Crippen LogP) is 5.42. The summed E-state index contributed by atoms with van der Waals surface area (Å²) in [6.07, 6.45) is -0.260. The quantitative estimate of drug-likeness (QED) is 0.376. The van der Waals surface area contributed by atoms with Crippen LogP contribution in [0.1, 0.15) is 18.9 Å². The van der Waals surface area contributed by atoms with Gasteiger partial charge in [0.15, 0.2) is 10.4 Å². The Morgan fingerprint density at radius 3 is 2.71 bits per heavy atom. The largest absolute Gasteiger partial charge is 0.481 e. The number of carbonyl (C=O) groups excluding carboxylic acids is 1. The van der Waals surface area contributed by atoms with Gasteiger partial charge in [-0.3, -0.25) is 10.1 Å². The molecule has 1 atom stereocenters. The lowest BCUT2D eigenvalue weighted by Gasteiger charge is -2.16. The zero-order chi connectivity index (χ0) is 19.9. The van der Waals surface area contributed by atoms with Gasteiger partial charge in [-0.1, -0.05) is 59.8 Å². The molecule has 9 heteroatoms. The minimum Gasteiger partial charge on any atom is -0.481 e. The van der Waals surface area contributed by atoms with Crippen molar-refractivity contribution in [1.29, 1.82) is 0 Å². The van der Waals surface area contributed by atoms with E-state index in [2.05, 4.69) is 15.5 Å². The summed E-state index contributed by atoms with van der Waals surface area (Å²) in [5, 5.41) is 11.9. The van der Waals surface area contributed by atoms with Gasteiger partial charge in [0, 0.05) is 10.8 Å². The highest BCUT2D eigenvalue weighted by atomic mass is 35.5. The normalized spacial score (nSPS) is 11.8. The second kappa shape index (κ2) is 9.86. The SMILES string of the molecule is CCC(Oc1ccc(F)cc1)C(=O)Nc1nnc(SCc2ccccc2Cl)s1. The van der Waals surface area contributed by atoms with Crippen molar-refractivity contribution in [2.75, 3.05) is 5.32 Å². The Kier molecular flexibility index (Phi) is 7.24. The first kappa shape index (κ1) is 20.6. The van der Waals surface area contributed by atoms with E-state index in [4.69, 9.17) is 16.3 Å². The maximum atomic E-state index is 13.0. The number of nitrogens with one attached hydrogen (secondary N) is 1. The van der Waals surface area contributed by atoms with Gasteiger partial charge >= 0.3 is 0 Å². The Morgan fingerprint density at radius 1 is 1.25 bits per heavy atom. The molecule has 0 aliphatic carbocycles. The van der Waals surface area contributed by atoms with Crippen LogP contribution in [0, 0.1) is 5.82 Å². The number of amides is 1. The molecule has 0 saturated heterocycles. The highest BCUT2D eigenvalue weighted by Crippen LogP contribution is 2.30. The molecule has 0 fully saturated rings. The number of halogens is 2. The van der Waals surface area contributed by atoms with Crippen LogP contribution >= 0.6 is 34.7 Å². The van der Waals surface area contributed by atoms with E-state index in [1.807, 2.05) is 31.2 Å². The van der Waals surface area contributed by atoms with Crippen molar-refractivity contribution in [3.8, 4) is 5.75 Å². The Balaban J connectivity index is 1.56. The summed E-state index contributed by atoms with van der Waals surface area (Å²) in [5.41, 5.74) is 1.01. The van der Waals surface area contributed by atoms with Gasteiger partial charge in [-0.25, -0.2) is 4.39 Å². The molecule has 1 amide bonds. The van der Waals surface area contributed by atoms with Gasteiger partial charge in [0.25, 0.3) is 5.91 Å². The number of benzene rings is 2. The molecular formula is C19H17ClFN3O2S2. The van der Waals surface area contributed by atoms with Gasteiger partial charge in [0.1, 0.15) is 11.6 Å². The third-order valence-corrected chi connectivity index (χ3v) is 6.09. The number of hydrogen-bond donors (Lipinski definition) is 1. The average Bonchev–Trinajstić information content (AvgIpc) is 3.14.